The highest BCUT2D eigenvalue weighted by Crippen LogP contribution is 2.18. The van der Waals surface area contributed by atoms with Crippen LogP contribution in [0, 0.1) is 0 Å². The number of hydrogen-bond donors (Lipinski definition) is 1. The number of sulfonamides is 1. The van der Waals surface area contributed by atoms with Crippen LogP contribution >= 0.6 is 0 Å². The van der Waals surface area contributed by atoms with Crippen molar-refractivity contribution in [1.29, 1.82) is 0 Å². The van der Waals surface area contributed by atoms with Gasteiger partial charge in [-0.1, -0.05) is 12.1 Å². The number of hydrogen-bond acceptors (Lipinski definition) is 6. The average Bonchev–Trinajstić information content (AvgIpc) is 2.69. The molecular formula is C18H21N3O4S. The topological polar surface area (TPSA) is 88.6 Å². The van der Waals surface area contributed by atoms with Gasteiger partial charge in [0.1, 0.15) is 0 Å². The lowest BCUT2D eigenvalue weighted by Gasteiger charge is -2.26. The predicted octanol–water partition coefficient (Wildman–Crippen LogP) is 1.07. The van der Waals surface area contributed by atoms with Crippen molar-refractivity contribution in [2.24, 2.45) is 0 Å². The number of morpholine rings is 1. The van der Waals surface area contributed by atoms with Crippen LogP contribution in [0.2, 0.25) is 0 Å². The number of Topliss-reactive ketones (excluding diaryl/α,β-unsaturated/α-hetero) is 1. The summed E-state index contributed by atoms with van der Waals surface area (Å²) in [6.45, 7) is 2.10. The standard InChI is InChI=1S/C18H21N3O4S/c22-18(14-20-13-15-4-6-19-7-5-15)16-2-1-3-17(12-16)26(23,24)21-8-10-25-11-9-21/h1-7,12,20H,8-11,13-14H2. The van der Waals surface area contributed by atoms with Gasteiger partial charge in [-0.2, -0.15) is 4.31 Å². The van der Waals surface area contributed by atoms with E-state index in [9.17, 15) is 13.2 Å². The first-order valence-corrected chi connectivity index (χ1v) is 9.82. The summed E-state index contributed by atoms with van der Waals surface area (Å²) >= 11 is 0. The minimum absolute atomic E-state index is 0.128. The monoisotopic (exact) mass is 375 g/mol. The molecule has 1 aliphatic rings. The molecule has 1 saturated heterocycles. The second-order valence-corrected chi connectivity index (χ2v) is 7.86. The van der Waals surface area contributed by atoms with Crippen molar-refractivity contribution in [3.8, 4) is 0 Å². The number of carbonyl (C=O) groups excluding carboxylic acids is 1. The molecule has 0 atom stereocenters. The van der Waals surface area contributed by atoms with Crippen LogP contribution in [0.15, 0.2) is 53.7 Å². The SMILES string of the molecule is O=C(CNCc1ccncc1)c1cccc(S(=O)(=O)N2CCOCC2)c1. The zero-order chi connectivity index (χ0) is 18.4. The molecule has 3 rings (SSSR count). The molecule has 1 aliphatic heterocycles. The Kier molecular flexibility index (Phi) is 6.10. The maximum atomic E-state index is 12.7. The van der Waals surface area contributed by atoms with E-state index in [0.29, 0.717) is 38.4 Å². The second kappa shape index (κ2) is 8.50. The number of nitrogens with zero attached hydrogens (tertiary/aromatic N) is 2. The Balaban J connectivity index is 1.65. The van der Waals surface area contributed by atoms with Crippen LogP contribution in [-0.2, 0) is 21.3 Å². The fraction of sp³-hybridized carbons (Fsp3) is 0.333. The van der Waals surface area contributed by atoms with E-state index in [4.69, 9.17) is 4.74 Å². The van der Waals surface area contributed by atoms with Crippen LogP contribution in [0.5, 0.6) is 0 Å². The zero-order valence-electron chi connectivity index (χ0n) is 14.3. The molecule has 0 bridgehead atoms. The first-order chi connectivity index (χ1) is 12.6. The summed E-state index contributed by atoms with van der Waals surface area (Å²) in [5.74, 6) is -0.155. The number of ether oxygens (including phenoxy) is 1. The van der Waals surface area contributed by atoms with Gasteiger partial charge in [-0.3, -0.25) is 9.78 Å². The summed E-state index contributed by atoms with van der Waals surface area (Å²) in [5, 5.41) is 3.07. The van der Waals surface area contributed by atoms with Gasteiger partial charge in [-0.15, -0.1) is 0 Å². The second-order valence-electron chi connectivity index (χ2n) is 5.93. The van der Waals surface area contributed by atoms with Gasteiger partial charge in [0.2, 0.25) is 10.0 Å². The Morgan fingerprint density at radius 1 is 1.15 bits per heavy atom. The number of carbonyl (C=O) groups is 1. The number of nitrogens with one attached hydrogen (secondary N) is 1. The minimum atomic E-state index is -3.61. The van der Waals surface area contributed by atoms with Crippen molar-refractivity contribution >= 4 is 15.8 Å². The Hall–Kier alpha value is -2.13. The lowest BCUT2D eigenvalue weighted by Crippen LogP contribution is -2.40. The van der Waals surface area contributed by atoms with Crippen molar-refractivity contribution < 1.29 is 17.9 Å². The normalized spacial score (nSPS) is 15.7. The molecule has 0 radical (unpaired) electrons. The van der Waals surface area contributed by atoms with E-state index in [0.717, 1.165) is 5.56 Å². The molecule has 26 heavy (non-hydrogen) atoms. The molecule has 8 heteroatoms. The Labute approximate surface area is 153 Å². The molecule has 1 aromatic heterocycles. The van der Waals surface area contributed by atoms with Gasteiger partial charge in [-0.25, -0.2) is 8.42 Å². The highest BCUT2D eigenvalue weighted by molar-refractivity contribution is 7.89. The van der Waals surface area contributed by atoms with Crippen molar-refractivity contribution in [3.63, 3.8) is 0 Å². The van der Waals surface area contributed by atoms with Gasteiger partial charge in [0.05, 0.1) is 24.7 Å². The largest absolute Gasteiger partial charge is 0.379 e. The fourth-order valence-electron chi connectivity index (χ4n) is 2.69. The maximum Gasteiger partial charge on any atom is 0.243 e. The van der Waals surface area contributed by atoms with Crippen LogP contribution in [0.1, 0.15) is 15.9 Å². The highest BCUT2D eigenvalue weighted by Gasteiger charge is 2.26. The molecule has 0 spiro atoms. The number of ketones is 1. The molecule has 0 aliphatic carbocycles. The van der Waals surface area contributed by atoms with E-state index in [1.54, 1.807) is 24.5 Å². The lowest BCUT2D eigenvalue weighted by atomic mass is 10.1. The quantitative estimate of drug-likeness (QED) is 0.729. The molecule has 0 amide bonds. The molecule has 1 fully saturated rings. The zero-order valence-corrected chi connectivity index (χ0v) is 15.1. The lowest BCUT2D eigenvalue weighted by molar-refractivity contribution is 0.0730. The number of rotatable bonds is 7. The molecule has 1 aromatic carbocycles. The Morgan fingerprint density at radius 3 is 2.62 bits per heavy atom. The van der Waals surface area contributed by atoms with Crippen molar-refractivity contribution in [1.82, 2.24) is 14.6 Å². The summed E-state index contributed by atoms with van der Waals surface area (Å²) < 4.78 is 32.0. The van der Waals surface area contributed by atoms with Gasteiger partial charge in [0, 0.05) is 37.6 Å². The van der Waals surface area contributed by atoms with Gasteiger partial charge in [0.25, 0.3) is 0 Å². The van der Waals surface area contributed by atoms with Crippen molar-refractivity contribution in [2.75, 3.05) is 32.8 Å². The van der Waals surface area contributed by atoms with E-state index in [1.165, 1.54) is 16.4 Å². The smallest absolute Gasteiger partial charge is 0.243 e. The van der Waals surface area contributed by atoms with Crippen molar-refractivity contribution in [2.45, 2.75) is 11.4 Å². The summed E-state index contributed by atoms with van der Waals surface area (Å²) in [4.78, 5) is 16.5. The van der Waals surface area contributed by atoms with Crippen LogP contribution in [0.25, 0.3) is 0 Å². The summed E-state index contributed by atoms with van der Waals surface area (Å²) in [7, 11) is -3.61. The maximum absolute atomic E-state index is 12.7. The third-order valence-electron chi connectivity index (χ3n) is 4.13. The van der Waals surface area contributed by atoms with Gasteiger partial charge in [-0.05, 0) is 29.8 Å². The van der Waals surface area contributed by atoms with Crippen LogP contribution in [0.4, 0.5) is 0 Å². The van der Waals surface area contributed by atoms with Crippen LogP contribution in [0.3, 0.4) is 0 Å². The predicted molar refractivity (Wildman–Crippen MR) is 96.3 cm³/mol. The number of pyridine rings is 1. The Morgan fingerprint density at radius 2 is 1.88 bits per heavy atom. The molecule has 0 unspecified atom stereocenters. The van der Waals surface area contributed by atoms with Crippen LogP contribution < -0.4 is 5.32 Å². The first kappa shape index (κ1) is 18.7. The number of aromatic nitrogens is 1. The summed E-state index contributed by atoms with van der Waals surface area (Å²) in [5.41, 5.74) is 1.40. The molecule has 2 heterocycles. The molecule has 7 nitrogen and oxygen atoms in total. The van der Waals surface area contributed by atoms with E-state index < -0.39 is 10.0 Å². The van der Waals surface area contributed by atoms with E-state index in [1.807, 2.05) is 12.1 Å². The molecule has 1 N–H and O–H groups in total. The average molecular weight is 375 g/mol. The van der Waals surface area contributed by atoms with E-state index >= 15 is 0 Å². The highest BCUT2D eigenvalue weighted by atomic mass is 32.2. The third-order valence-corrected chi connectivity index (χ3v) is 6.02. The third kappa shape index (κ3) is 4.53. The molecule has 138 valence electrons. The van der Waals surface area contributed by atoms with Gasteiger partial charge >= 0.3 is 0 Å². The van der Waals surface area contributed by atoms with E-state index in [2.05, 4.69) is 10.3 Å². The van der Waals surface area contributed by atoms with Crippen molar-refractivity contribution in [3.05, 3.63) is 59.9 Å². The molecular weight excluding hydrogens is 354 g/mol. The fourth-order valence-corrected chi connectivity index (χ4v) is 4.14. The number of benzene rings is 1. The Bertz CT molecular complexity index is 850. The molecule has 2 aromatic rings. The van der Waals surface area contributed by atoms with Gasteiger partial charge < -0.3 is 10.1 Å². The molecule has 0 saturated carbocycles. The summed E-state index contributed by atoms with van der Waals surface area (Å²) in [6, 6.07) is 9.94. The minimum Gasteiger partial charge on any atom is -0.379 e. The first-order valence-electron chi connectivity index (χ1n) is 8.38. The van der Waals surface area contributed by atoms with E-state index in [-0.39, 0.29) is 17.2 Å². The summed E-state index contributed by atoms with van der Waals surface area (Å²) in [6.07, 6.45) is 3.39. The van der Waals surface area contributed by atoms with Crippen LogP contribution in [-0.4, -0.2) is 56.3 Å². The van der Waals surface area contributed by atoms with Gasteiger partial charge in [0.15, 0.2) is 5.78 Å².